The predicted octanol–water partition coefficient (Wildman–Crippen LogP) is 5.74. The molecule has 0 spiro atoms. The molecule has 2 fully saturated rings. The third-order valence-electron chi connectivity index (χ3n) is 7.59. The van der Waals surface area contributed by atoms with Crippen LogP contribution in [0.2, 0.25) is 0 Å². The maximum Gasteiger partial charge on any atom is 0.246 e. The van der Waals surface area contributed by atoms with Crippen molar-refractivity contribution in [3.05, 3.63) is 67.7 Å². The third kappa shape index (κ3) is 4.65. The van der Waals surface area contributed by atoms with Gasteiger partial charge in [0, 0.05) is 41.9 Å². The summed E-state index contributed by atoms with van der Waals surface area (Å²) in [7, 11) is 3.25. The third-order valence-corrected chi connectivity index (χ3v) is 7.59. The molecule has 4 aromatic rings. The molecular weight excluding hydrogens is 496 g/mol. The fourth-order valence-corrected chi connectivity index (χ4v) is 5.81. The number of ether oxygens (including phenoxy) is 3. The number of benzene rings is 2. The summed E-state index contributed by atoms with van der Waals surface area (Å²) in [5, 5.41) is 4.20. The number of carbonyl (C=O) groups is 1. The molecule has 2 aromatic heterocycles. The van der Waals surface area contributed by atoms with Crippen LogP contribution in [0.4, 0.5) is 11.5 Å². The van der Waals surface area contributed by atoms with Gasteiger partial charge in [-0.2, -0.15) is 0 Å². The Balaban J connectivity index is 1.31. The number of nitrogens with zero attached hydrogens (tertiary/aromatic N) is 3. The van der Waals surface area contributed by atoms with Crippen LogP contribution < -0.4 is 19.5 Å². The number of fused-ring (bicyclic) bond motifs is 3. The van der Waals surface area contributed by atoms with E-state index in [4.69, 9.17) is 18.6 Å². The van der Waals surface area contributed by atoms with Gasteiger partial charge in [-0.15, -0.1) is 0 Å². The normalized spacial score (nSPS) is 20.1. The van der Waals surface area contributed by atoms with Crippen molar-refractivity contribution in [1.82, 2.24) is 14.9 Å². The number of anilines is 2. The molecule has 2 bridgehead atoms. The van der Waals surface area contributed by atoms with Crippen LogP contribution in [0.1, 0.15) is 25.7 Å². The van der Waals surface area contributed by atoms with E-state index >= 15 is 0 Å². The maximum atomic E-state index is 12.4. The second kappa shape index (κ2) is 10.3. The van der Waals surface area contributed by atoms with E-state index in [9.17, 15) is 4.79 Å². The Morgan fingerprint density at radius 2 is 1.85 bits per heavy atom. The first kappa shape index (κ1) is 24.8. The molecule has 3 atom stereocenters. The lowest BCUT2D eigenvalue weighted by atomic mass is 9.99. The van der Waals surface area contributed by atoms with Crippen LogP contribution in [0, 0.1) is 0 Å². The molecule has 1 unspecified atom stereocenters. The molecular formula is C30H30N4O5. The van der Waals surface area contributed by atoms with Gasteiger partial charge in [0.25, 0.3) is 0 Å². The zero-order valence-electron chi connectivity index (χ0n) is 21.9. The number of aromatic nitrogens is 2. The Bertz CT molecular complexity index is 1510. The molecule has 6 rings (SSSR count). The topological polar surface area (TPSA) is 99.0 Å². The first-order chi connectivity index (χ1) is 19.1. The highest BCUT2D eigenvalue weighted by atomic mass is 16.5. The number of carbonyl (C=O) groups excluding carboxylic acids is 1. The second-order valence-corrected chi connectivity index (χ2v) is 9.81. The molecule has 200 valence electrons. The van der Waals surface area contributed by atoms with Crippen LogP contribution in [0.15, 0.2) is 72.1 Å². The van der Waals surface area contributed by atoms with Gasteiger partial charge in [0.1, 0.15) is 29.8 Å². The monoisotopic (exact) mass is 526 g/mol. The predicted molar refractivity (Wildman–Crippen MR) is 148 cm³/mol. The Labute approximate surface area is 226 Å². The molecule has 2 aliphatic heterocycles. The minimum absolute atomic E-state index is 0.00338. The summed E-state index contributed by atoms with van der Waals surface area (Å²) in [6.07, 6.45) is 8.04. The van der Waals surface area contributed by atoms with E-state index in [0.29, 0.717) is 28.6 Å². The van der Waals surface area contributed by atoms with Crippen molar-refractivity contribution in [3.8, 4) is 28.6 Å². The van der Waals surface area contributed by atoms with Crippen molar-refractivity contribution in [2.75, 3.05) is 19.5 Å². The molecule has 39 heavy (non-hydrogen) atoms. The first-order valence-corrected chi connectivity index (χ1v) is 13.0. The number of hydrogen-bond donors (Lipinski definition) is 1. The van der Waals surface area contributed by atoms with Crippen LogP contribution in [0.25, 0.3) is 22.2 Å². The fraction of sp³-hybridized carbons (Fsp3) is 0.300. The van der Waals surface area contributed by atoms with Gasteiger partial charge in [0.15, 0.2) is 11.5 Å². The molecule has 1 N–H and O–H groups in total. The zero-order chi connectivity index (χ0) is 26.9. The van der Waals surface area contributed by atoms with Crippen molar-refractivity contribution in [2.24, 2.45) is 0 Å². The smallest absolute Gasteiger partial charge is 0.246 e. The number of hydrogen-bond acceptors (Lipinski definition) is 8. The SMILES string of the molecule is C=CC(=O)N1[C@@H]2CC[C@H]1CC(Oc1cc3c(Nc4cc(-c5ccco5)ccc4OC)ncnc3cc1OC)C2. The standard InChI is InChI=1S/C30H30N4O5/c1-4-29(35)34-19-8-9-20(34)14-21(13-19)39-28-15-22-23(16-27(28)37-3)31-17-32-30(22)33-24-12-18(7-10-26(24)36-2)25-6-5-11-38-25/h4-7,10-12,15-17,19-21H,1,8-9,13-14H2,2-3H3,(H,31,32,33)/t19-,20+,21?. The summed E-state index contributed by atoms with van der Waals surface area (Å²) in [4.78, 5) is 23.4. The van der Waals surface area contributed by atoms with Gasteiger partial charge in [-0.1, -0.05) is 6.58 Å². The summed E-state index contributed by atoms with van der Waals surface area (Å²) in [6, 6.07) is 13.7. The Kier molecular flexibility index (Phi) is 6.56. The lowest BCUT2D eigenvalue weighted by Crippen LogP contribution is -2.48. The number of piperidine rings is 1. The van der Waals surface area contributed by atoms with Crippen molar-refractivity contribution in [2.45, 2.75) is 43.9 Å². The number of amides is 1. The summed E-state index contributed by atoms with van der Waals surface area (Å²) >= 11 is 0. The molecule has 0 saturated carbocycles. The van der Waals surface area contributed by atoms with Crippen LogP contribution in [-0.2, 0) is 4.79 Å². The van der Waals surface area contributed by atoms with Crippen LogP contribution >= 0.6 is 0 Å². The van der Waals surface area contributed by atoms with Crippen molar-refractivity contribution < 1.29 is 23.4 Å². The highest BCUT2D eigenvalue weighted by Crippen LogP contribution is 2.41. The molecule has 1 amide bonds. The Morgan fingerprint density at radius 3 is 2.54 bits per heavy atom. The van der Waals surface area contributed by atoms with E-state index in [1.54, 1.807) is 20.5 Å². The van der Waals surface area contributed by atoms with Gasteiger partial charge in [0.05, 0.1) is 31.7 Å². The lowest BCUT2D eigenvalue weighted by Gasteiger charge is -2.38. The molecule has 0 aliphatic carbocycles. The molecule has 2 aliphatic rings. The minimum atomic E-state index is -0.0335. The van der Waals surface area contributed by atoms with Gasteiger partial charge >= 0.3 is 0 Å². The average Bonchev–Trinajstić information content (AvgIpc) is 3.59. The number of methoxy groups -OCH3 is 2. The van der Waals surface area contributed by atoms with Crippen LogP contribution in [0.5, 0.6) is 17.2 Å². The average molecular weight is 527 g/mol. The van der Waals surface area contributed by atoms with Gasteiger partial charge < -0.3 is 28.8 Å². The van der Waals surface area contributed by atoms with Gasteiger partial charge in [-0.05, 0) is 55.3 Å². The van der Waals surface area contributed by atoms with Crippen molar-refractivity contribution in [3.63, 3.8) is 0 Å². The molecule has 9 nitrogen and oxygen atoms in total. The fourth-order valence-electron chi connectivity index (χ4n) is 5.81. The second-order valence-electron chi connectivity index (χ2n) is 9.81. The molecule has 2 aromatic carbocycles. The van der Waals surface area contributed by atoms with E-state index in [1.807, 2.05) is 47.4 Å². The molecule has 0 radical (unpaired) electrons. The van der Waals surface area contributed by atoms with Gasteiger partial charge in [0.2, 0.25) is 5.91 Å². The van der Waals surface area contributed by atoms with Gasteiger partial charge in [-0.3, -0.25) is 4.79 Å². The van der Waals surface area contributed by atoms with E-state index in [-0.39, 0.29) is 24.1 Å². The summed E-state index contributed by atoms with van der Waals surface area (Å²) in [5.74, 6) is 3.24. The Morgan fingerprint density at radius 1 is 1.05 bits per heavy atom. The minimum Gasteiger partial charge on any atom is -0.495 e. The molecule has 4 heterocycles. The largest absolute Gasteiger partial charge is 0.495 e. The lowest BCUT2D eigenvalue weighted by molar-refractivity contribution is -0.131. The van der Waals surface area contributed by atoms with Crippen molar-refractivity contribution >= 4 is 28.3 Å². The van der Waals surface area contributed by atoms with E-state index in [2.05, 4.69) is 21.9 Å². The highest BCUT2D eigenvalue weighted by molar-refractivity contribution is 5.94. The van der Waals surface area contributed by atoms with E-state index in [1.165, 1.54) is 12.4 Å². The first-order valence-electron chi connectivity index (χ1n) is 13.0. The number of furan rings is 1. The highest BCUT2D eigenvalue weighted by Gasteiger charge is 2.43. The maximum absolute atomic E-state index is 12.4. The van der Waals surface area contributed by atoms with E-state index in [0.717, 1.165) is 48.1 Å². The zero-order valence-corrected chi connectivity index (χ0v) is 21.9. The summed E-state index contributed by atoms with van der Waals surface area (Å²) in [6.45, 7) is 3.67. The summed E-state index contributed by atoms with van der Waals surface area (Å²) < 4.78 is 23.4. The molecule has 2 saturated heterocycles. The summed E-state index contributed by atoms with van der Waals surface area (Å²) in [5.41, 5.74) is 2.35. The number of rotatable bonds is 8. The van der Waals surface area contributed by atoms with Crippen LogP contribution in [0.3, 0.4) is 0 Å². The molecule has 9 heteroatoms. The Hall–Kier alpha value is -4.53. The van der Waals surface area contributed by atoms with Crippen LogP contribution in [-0.4, -0.2) is 53.2 Å². The quantitative estimate of drug-likeness (QED) is 0.290. The van der Waals surface area contributed by atoms with E-state index < -0.39 is 0 Å². The van der Waals surface area contributed by atoms with Crippen molar-refractivity contribution in [1.29, 1.82) is 0 Å². The number of nitrogens with one attached hydrogen (secondary N) is 1. The van der Waals surface area contributed by atoms with Gasteiger partial charge in [-0.25, -0.2) is 9.97 Å².